The van der Waals surface area contributed by atoms with Crippen LogP contribution in [0.1, 0.15) is 18.1 Å². The monoisotopic (exact) mass is 385 g/mol. The molecule has 2 aromatic carbocycles. The maximum atomic E-state index is 11.6. The van der Waals surface area contributed by atoms with Crippen molar-refractivity contribution in [3.8, 4) is 11.5 Å². The van der Waals surface area contributed by atoms with E-state index < -0.39 is 11.9 Å². The first kappa shape index (κ1) is 19.0. The highest BCUT2D eigenvalue weighted by atomic mass is 32.2. The van der Waals surface area contributed by atoms with Crippen molar-refractivity contribution in [2.75, 3.05) is 0 Å². The van der Waals surface area contributed by atoms with Gasteiger partial charge in [-0.3, -0.25) is 19.7 Å². The number of rotatable bonds is 7. The van der Waals surface area contributed by atoms with Gasteiger partial charge in [-0.2, -0.15) is 0 Å². The number of aliphatic carboxylic acids is 1. The van der Waals surface area contributed by atoms with Gasteiger partial charge >= 0.3 is 5.97 Å². The minimum Gasteiger partial charge on any atom is -0.481 e. The Labute approximate surface area is 160 Å². The number of carbonyl (C=O) groups excluding carboxylic acids is 2. The first-order chi connectivity index (χ1) is 12.9. The molecule has 1 fully saturated rings. The van der Waals surface area contributed by atoms with Gasteiger partial charge in [-0.25, -0.2) is 0 Å². The minimum absolute atomic E-state index is 0.248. The zero-order valence-electron chi connectivity index (χ0n) is 14.7. The van der Waals surface area contributed by atoms with Crippen LogP contribution in [0.25, 0.3) is 0 Å². The second-order valence-corrected chi connectivity index (χ2v) is 7.60. The molecule has 1 heterocycles. The average molecular weight is 385 g/mol. The largest absolute Gasteiger partial charge is 0.481 e. The number of thioether (sulfide) groups is 1. The van der Waals surface area contributed by atoms with Crippen molar-refractivity contribution in [1.82, 2.24) is 5.32 Å². The Morgan fingerprint density at radius 1 is 1.07 bits per heavy atom. The van der Waals surface area contributed by atoms with Gasteiger partial charge < -0.3 is 9.84 Å². The molecule has 0 aromatic heterocycles. The molecule has 0 aliphatic carbocycles. The fourth-order valence-corrected chi connectivity index (χ4v) is 3.57. The summed E-state index contributed by atoms with van der Waals surface area (Å²) >= 11 is 1.01. The maximum absolute atomic E-state index is 11.6. The van der Waals surface area contributed by atoms with Crippen molar-refractivity contribution in [2.45, 2.75) is 25.0 Å². The molecule has 7 heteroatoms. The Bertz CT molecular complexity index is 848. The summed E-state index contributed by atoms with van der Waals surface area (Å²) in [5.41, 5.74) is 1.89. The molecular weight excluding hydrogens is 366 g/mol. The van der Waals surface area contributed by atoms with Crippen LogP contribution in [-0.4, -0.2) is 27.5 Å². The molecule has 1 aliphatic rings. The average Bonchev–Trinajstić information content (AvgIpc) is 2.95. The fourth-order valence-electron chi connectivity index (χ4n) is 2.71. The van der Waals surface area contributed by atoms with Crippen LogP contribution in [0.2, 0.25) is 0 Å². The second-order valence-electron chi connectivity index (χ2n) is 6.42. The van der Waals surface area contributed by atoms with Gasteiger partial charge in [0.05, 0.1) is 11.2 Å². The molecule has 1 unspecified atom stereocenters. The smallest absolute Gasteiger partial charge is 0.306 e. The third-order valence-electron chi connectivity index (χ3n) is 4.23. The summed E-state index contributed by atoms with van der Waals surface area (Å²) in [6.07, 6.45) is 0.957. The number of hydrogen-bond acceptors (Lipinski definition) is 5. The summed E-state index contributed by atoms with van der Waals surface area (Å²) in [6.45, 7) is 1.68. The summed E-state index contributed by atoms with van der Waals surface area (Å²) in [7, 11) is 0. The van der Waals surface area contributed by atoms with Crippen LogP contribution in [0.3, 0.4) is 0 Å². The number of carboxylic acids is 1. The van der Waals surface area contributed by atoms with E-state index >= 15 is 0 Å². The summed E-state index contributed by atoms with van der Waals surface area (Å²) in [5, 5.41) is 10.6. The predicted octanol–water partition coefficient (Wildman–Crippen LogP) is 3.64. The lowest BCUT2D eigenvalue weighted by atomic mass is 10.0. The SMILES string of the molecule is C[C@H](Cc1ccc(Oc2ccc(CC3SC(=O)NC3=O)cc2)cc1)C(=O)O. The molecule has 1 aliphatic heterocycles. The third-order valence-corrected chi connectivity index (χ3v) is 5.22. The van der Waals surface area contributed by atoms with E-state index in [1.807, 2.05) is 48.5 Å². The lowest BCUT2D eigenvalue weighted by Crippen LogP contribution is -2.25. The van der Waals surface area contributed by atoms with Gasteiger partial charge in [0.2, 0.25) is 5.91 Å². The van der Waals surface area contributed by atoms with Crippen molar-refractivity contribution in [1.29, 1.82) is 0 Å². The number of imide groups is 1. The van der Waals surface area contributed by atoms with Crippen molar-refractivity contribution in [3.63, 3.8) is 0 Å². The molecule has 2 aromatic rings. The van der Waals surface area contributed by atoms with E-state index in [1.54, 1.807) is 6.92 Å². The van der Waals surface area contributed by atoms with Crippen LogP contribution in [0.4, 0.5) is 4.79 Å². The van der Waals surface area contributed by atoms with E-state index in [-0.39, 0.29) is 16.4 Å². The molecule has 0 spiro atoms. The molecule has 2 N–H and O–H groups in total. The highest BCUT2D eigenvalue weighted by Crippen LogP contribution is 2.26. The van der Waals surface area contributed by atoms with E-state index in [0.717, 1.165) is 22.9 Å². The number of carbonyl (C=O) groups is 3. The number of benzene rings is 2. The van der Waals surface area contributed by atoms with Crippen LogP contribution in [0, 0.1) is 5.92 Å². The number of nitrogens with one attached hydrogen (secondary N) is 1. The van der Waals surface area contributed by atoms with Gasteiger partial charge in [0.1, 0.15) is 11.5 Å². The Morgan fingerprint density at radius 3 is 2.11 bits per heavy atom. The Balaban J connectivity index is 1.57. The molecule has 0 bridgehead atoms. The van der Waals surface area contributed by atoms with Gasteiger partial charge in [0.15, 0.2) is 0 Å². The quantitative estimate of drug-likeness (QED) is 0.756. The van der Waals surface area contributed by atoms with E-state index in [1.165, 1.54) is 0 Å². The molecule has 6 nitrogen and oxygen atoms in total. The van der Waals surface area contributed by atoms with Crippen molar-refractivity contribution in [2.24, 2.45) is 5.92 Å². The molecular formula is C20H19NO5S. The number of amides is 2. The first-order valence-electron chi connectivity index (χ1n) is 8.51. The standard InChI is InChI=1S/C20H19NO5S/c1-12(19(23)24)10-13-2-6-15(7-3-13)26-16-8-4-14(5-9-16)11-17-18(22)21-20(25)27-17/h2-9,12,17H,10-11H2,1H3,(H,23,24)(H,21,22,25)/t12-,17?/m1/s1. The summed E-state index contributed by atoms with van der Waals surface area (Å²) in [5.74, 6) is -0.175. The van der Waals surface area contributed by atoms with Gasteiger partial charge in [-0.15, -0.1) is 0 Å². The summed E-state index contributed by atoms with van der Waals surface area (Å²) < 4.78 is 5.79. The number of ether oxygens (including phenoxy) is 1. The zero-order valence-corrected chi connectivity index (χ0v) is 15.5. The second kappa shape index (κ2) is 8.26. The van der Waals surface area contributed by atoms with Gasteiger partial charge in [0, 0.05) is 0 Å². The third kappa shape index (κ3) is 5.10. The van der Waals surface area contributed by atoms with Gasteiger partial charge in [-0.05, 0) is 48.2 Å². The fraction of sp³-hybridized carbons (Fsp3) is 0.250. The Hall–Kier alpha value is -2.80. The summed E-state index contributed by atoms with van der Waals surface area (Å²) in [4.78, 5) is 33.7. The highest BCUT2D eigenvalue weighted by Gasteiger charge is 2.31. The van der Waals surface area contributed by atoms with Gasteiger partial charge in [0.25, 0.3) is 5.24 Å². The van der Waals surface area contributed by atoms with Crippen molar-refractivity contribution < 1.29 is 24.2 Å². The molecule has 2 atom stereocenters. The molecule has 140 valence electrons. The molecule has 0 radical (unpaired) electrons. The van der Waals surface area contributed by atoms with Crippen LogP contribution >= 0.6 is 11.8 Å². The number of hydrogen-bond donors (Lipinski definition) is 2. The molecule has 0 saturated carbocycles. The van der Waals surface area contributed by atoms with E-state index in [0.29, 0.717) is 24.3 Å². The normalized spacial score (nSPS) is 17.4. The first-order valence-corrected chi connectivity index (χ1v) is 9.38. The summed E-state index contributed by atoms with van der Waals surface area (Å²) in [6, 6.07) is 14.7. The zero-order chi connectivity index (χ0) is 19.4. The maximum Gasteiger partial charge on any atom is 0.306 e. The number of carboxylic acid groups (broad SMARTS) is 1. The van der Waals surface area contributed by atoms with Crippen LogP contribution in [0.15, 0.2) is 48.5 Å². The van der Waals surface area contributed by atoms with Crippen molar-refractivity contribution in [3.05, 3.63) is 59.7 Å². The Kier molecular flexibility index (Phi) is 5.81. The minimum atomic E-state index is -0.812. The van der Waals surface area contributed by atoms with Crippen LogP contribution in [-0.2, 0) is 22.4 Å². The molecule has 2 amide bonds. The molecule has 3 rings (SSSR count). The van der Waals surface area contributed by atoms with Crippen molar-refractivity contribution >= 4 is 28.9 Å². The van der Waals surface area contributed by atoms with Crippen LogP contribution < -0.4 is 10.1 Å². The topological polar surface area (TPSA) is 92.7 Å². The Morgan fingerprint density at radius 2 is 1.63 bits per heavy atom. The van der Waals surface area contributed by atoms with E-state index in [2.05, 4.69) is 5.32 Å². The lowest BCUT2D eigenvalue weighted by molar-refractivity contribution is -0.141. The molecule has 1 saturated heterocycles. The van der Waals surface area contributed by atoms with E-state index in [9.17, 15) is 14.4 Å². The molecule has 27 heavy (non-hydrogen) atoms. The van der Waals surface area contributed by atoms with Gasteiger partial charge in [-0.1, -0.05) is 43.0 Å². The predicted molar refractivity (Wildman–Crippen MR) is 102 cm³/mol. The van der Waals surface area contributed by atoms with E-state index in [4.69, 9.17) is 9.84 Å². The lowest BCUT2D eigenvalue weighted by Gasteiger charge is -2.10. The highest BCUT2D eigenvalue weighted by molar-refractivity contribution is 8.15. The van der Waals surface area contributed by atoms with Crippen LogP contribution in [0.5, 0.6) is 11.5 Å².